The van der Waals surface area contributed by atoms with E-state index in [2.05, 4.69) is 35.1 Å². The minimum absolute atomic E-state index is 0.0752. The van der Waals surface area contributed by atoms with E-state index in [0.29, 0.717) is 5.75 Å². The Balaban J connectivity index is 1.52. The van der Waals surface area contributed by atoms with Gasteiger partial charge in [-0.25, -0.2) is 4.79 Å². The molecule has 3 atom stereocenters. The molecule has 1 aliphatic carbocycles. The monoisotopic (exact) mass is 408 g/mol. The van der Waals surface area contributed by atoms with E-state index in [9.17, 15) is 14.7 Å². The Morgan fingerprint density at radius 1 is 1.17 bits per heavy atom. The van der Waals surface area contributed by atoms with Gasteiger partial charge in [-0.3, -0.25) is 4.79 Å². The molecule has 0 unspecified atom stereocenters. The van der Waals surface area contributed by atoms with E-state index in [1.807, 2.05) is 42.6 Å². The van der Waals surface area contributed by atoms with Gasteiger partial charge in [0, 0.05) is 29.3 Å². The van der Waals surface area contributed by atoms with E-state index < -0.39 is 12.0 Å². The molecule has 1 aliphatic rings. The summed E-state index contributed by atoms with van der Waals surface area (Å²) in [6.07, 6.45) is 3.87. The number of amides is 1. The summed E-state index contributed by atoms with van der Waals surface area (Å²) in [5.41, 5.74) is 4.28. The first kappa shape index (κ1) is 19.6. The number of para-hydroxylation sites is 1. The van der Waals surface area contributed by atoms with Gasteiger partial charge in [-0.2, -0.15) is 12.6 Å². The van der Waals surface area contributed by atoms with E-state index in [4.69, 9.17) is 0 Å². The average Bonchev–Trinajstić information content (AvgIpc) is 3.33. The van der Waals surface area contributed by atoms with Crippen LogP contribution in [0.2, 0.25) is 0 Å². The second-order valence-corrected chi connectivity index (χ2v) is 7.96. The van der Waals surface area contributed by atoms with E-state index in [1.165, 1.54) is 11.1 Å². The van der Waals surface area contributed by atoms with Crippen LogP contribution in [0.3, 0.4) is 0 Å². The first-order chi connectivity index (χ1) is 14.1. The summed E-state index contributed by atoms with van der Waals surface area (Å²) in [4.78, 5) is 28.1. The van der Waals surface area contributed by atoms with Crippen molar-refractivity contribution in [1.29, 1.82) is 0 Å². The van der Waals surface area contributed by atoms with Gasteiger partial charge in [0.1, 0.15) is 6.04 Å². The number of carboxylic acid groups (broad SMARTS) is 1. The number of aliphatic carboxylic acids is 1. The molecular formula is C23H24N2O3S. The lowest BCUT2D eigenvalue weighted by Gasteiger charge is -2.24. The Morgan fingerprint density at radius 3 is 2.72 bits per heavy atom. The molecule has 0 bridgehead atoms. The highest BCUT2D eigenvalue weighted by atomic mass is 32.1. The third-order valence-corrected chi connectivity index (χ3v) is 6.31. The van der Waals surface area contributed by atoms with Crippen LogP contribution in [-0.4, -0.2) is 33.8 Å². The standard InChI is InChI=1S/C23H24N2O3S/c26-22(19(13-29)18-10-9-14-5-1-2-6-16(14)18)25-21(23(27)28)11-15-12-24-20-8-4-3-7-17(15)20/h1-8,12,18-19,21,24,29H,9-11,13H2,(H,25,26)(H,27,28)/t18-,19-,21-/m0/s1. The lowest BCUT2D eigenvalue weighted by Crippen LogP contribution is -2.46. The van der Waals surface area contributed by atoms with Gasteiger partial charge < -0.3 is 15.4 Å². The molecule has 3 N–H and O–H groups in total. The Bertz CT molecular complexity index is 1050. The number of thiol groups is 1. The predicted octanol–water partition coefficient (Wildman–Crippen LogP) is 3.56. The Morgan fingerprint density at radius 2 is 1.93 bits per heavy atom. The van der Waals surface area contributed by atoms with Crippen molar-refractivity contribution < 1.29 is 14.7 Å². The van der Waals surface area contributed by atoms with Gasteiger partial charge in [-0.1, -0.05) is 42.5 Å². The number of rotatable bonds is 7. The fourth-order valence-corrected chi connectivity index (χ4v) is 4.82. The third-order valence-electron chi connectivity index (χ3n) is 5.91. The van der Waals surface area contributed by atoms with Crippen molar-refractivity contribution in [2.45, 2.75) is 31.2 Å². The zero-order valence-corrected chi connectivity index (χ0v) is 16.9. The van der Waals surface area contributed by atoms with E-state index in [0.717, 1.165) is 29.3 Å². The van der Waals surface area contributed by atoms with Gasteiger partial charge in [0.25, 0.3) is 0 Å². The summed E-state index contributed by atoms with van der Waals surface area (Å²) < 4.78 is 0. The summed E-state index contributed by atoms with van der Waals surface area (Å²) in [5.74, 6) is -1.18. The van der Waals surface area contributed by atoms with Crippen molar-refractivity contribution in [2.75, 3.05) is 5.75 Å². The van der Waals surface area contributed by atoms with Crippen molar-refractivity contribution in [3.8, 4) is 0 Å². The molecule has 2 aromatic carbocycles. The summed E-state index contributed by atoms with van der Waals surface area (Å²) in [6.45, 7) is 0. The molecule has 150 valence electrons. The number of aromatic nitrogens is 1. The number of H-pyrrole nitrogens is 1. The van der Waals surface area contributed by atoms with Crippen LogP contribution in [0.15, 0.2) is 54.7 Å². The highest BCUT2D eigenvalue weighted by Gasteiger charge is 2.35. The molecule has 0 saturated heterocycles. The molecular weight excluding hydrogens is 384 g/mol. The number of carbonyl (C=O) groups excluding carboxylic acids is 1. The summed E-state index contributed by atoms with van der Waals surface area (Å²) in [5, 5.41) is 13.5. The molecule has 0 fully saturated rings. The van der Waals surface area contributed by atoms with Gasteiger partial charge in [-0.05, 0) is 41.5 Å². The van der Waals surface area contributed by atoms with Crippen molar-refractivity contribution >= 4 is 35.4 Å². The molecule has 5 nitrogen and oxygen atoms in total. The molecule has 6 heteroatoms. The zero-order valence-electron chi connectivity index (χ0n) is 16.0. The molecule has 0 saturated carbocycles. The van der Waals surface area contributed by atoms with Gasteiger partial charge in [0.15, 0.2) is 0 Å². The lowest BCUT2D eigenvalue weighted by molar-refractivity contribution is -0.142. The number of hydrogen-bond donors (Lipinski definition) is 4. The number of aryl methyl sites for hydroxylation is 1. The van der Waals surface area contributed by atoms with Crippen molar-refractivity contribution in [2.24, 2.45) is 5.92 Å². The van der Waals surface area contributed by atoms with Crippen LogP contribution >= 0.6 is 12.6 Å². The Labute approximate surface area is 174 Å². The van der Waals surface area contributed by atoms with Crippen LogP contribution in [-0.2, 0) is 22.4 Å². The molecule has 0 aliphatic heterocycles. The first-order valence-electron chi connectivity index (χ1n) is 9.85. The molecule has 3 aromatic rings. The molecule has 0 radical (unpaired) electrons. The summed E-state index contributed by atoms with van der Waals surface area (Å²) in [7, 11) is 0. The van der Waals surface area contributed by atoms with Crippen molar-refractivity contribution in [3.63, 3.8) is 0 Å². The highest BCUT2D eigenvalue weighted by molar-refractivity contribution is 7.80. The average molecular weight is 409 g/mol. The smallest absolute Gasteiger partial charge is 0.326 e. The fraction of sp³-hybridized carbons (Fsp3) is 0.304. The molecule has 29 heavy (non-hydrogen) atoms. The minimum atomic E-state index is -1.03. The highest BCUT2D eigenvalue weighted by Crippen LogP contribution is 2.39. The van der Waals surface area contributed by atoms with E-state index >= 15 is 0 Å². The number of carboxylic acids is 1. The van der Waals surface area contributed by atoms with Crippen LogP contribution in [0, 0.1) is 5.92 Å². The SMILES string of the molecule is O=C(O)[C@H](Cc1c[nH]c2ccccc12)NC(=O)[C@@H](CS)[C@H]1CCc2ccccc21. The number of fused-ring (bicyclic) bond motifs is 2. The molecule has 1 aromatic heterocycles. The molecule has 1 amide bonds. The maximum Gasteiger partial charge on any atom is 0.326 e. The van der Waals surface area contributed by atoms with Crippen molar-refractivity contribution in [3.05, 3.63) is 71.4 Å². The predicted molar refractivity (Wildman–Crippen MR) is 116 cm³/mol. The maximum atomic E-state index is 13.0. The van der Waals surface area contributed by atoms with E-state index in [-0.39, 0.29) is 24.2 Å². The molecule has 0 spiro atoms. The van der Waals surface area contributed by atoms with Crippen LogP contribution in [0.25, 0.3) is 10.9 Å². The number of aromatic amines is 1. The third kappa shape index (κ3) is 3.90. The van der Waals surface area contributed by atoms with Gasteiger partial charge >= 0.3 is 5.97 Å². The van der Waals surface area contributed by atoms with Gasteiger partial charge in [-0.15, -0.1) is 0 Å². The van der Waals surface area contributed by atoms with E-state index in [1.54, 1.807) is 0 Å². The van der Waals surface area contributed by atoms with Crippen LogP contribution in [0.1, 0.15) is 29.0 Å². The summed E-state index contributed by atoms with van der Waals surface area (Å²) in [6, 6.07) is 14.9. The Hall–Kier alpha value is -2.73. The Kier molecular flexibility index (Phi) is 5.62. The van der Waals surface area contributed by atoms with Gasteiger partial charge in [0.2, 0.25) is 5.91 Å². The largest absolute Gasteiger partial charge is 0.480 e. The van der Waals surface area contributed by atoms with Crippen LogP contribution < -0.4 is 5.32 Å². The molecule has 1 heterocycles. The lowest BCUT2D eigenvalue weighted by atomic mass is 9.87. The van der Waals surface area contributed by atoms with Crippen molar-refractivity contribution in [1.82, 2.24) is 10.3 Å². The second kappa shape index (κ2) is 8.33. The zero-order chi connectivity index (χ0) is 20.4. The number of carbonyl (C=O) groups is 2. The first-order valence-corrected chi connectivity index (χ1v) is 10.5. The minimum Gasteiger partial charge on any atom is -0.480 e. The second-order valence-electron chi connectivity index (χ2n) is 7.60. The quantitative estimate of drug-likeness (QED) is 0.451. The fourth-order valence-electron chi connectivity index (χ4n) is 4.40. The summed E-state index contributed by atoms with van der Waals surface area (Å²) >= 11 is 4.42. The van der Waals surface area contributed by atoms with Gasteiger partial charge in [0.05, 0.1) is 5.92 Å². The maximum absolute atomic E-state index is 13.0. The number of benzene rings is 2. The topological polar surface area (TPSA) is 82.2 Å². The van der Waals surface area contributed by atoms with Crippen LogP contribution in [0.4, 0.5) is 0 Å². The van der Waals surface area contributed by atoms with Crippen LogP contribution in [0.5, 0.6) is 0 Å². The number of hydrogen-bond acceptors (Lipinski definition) is 3. The molecule has 4 rings (SSSR count). The number of nitrogens with one attached hydrogen (secondary N) is 2. The normalized spacial score (nSPS) is 17.6.